The molecule has 1 N–H and O–H groups in total. The van der Waals surface area contributed by atoms with Crippen molar-refractivity contribution in [3.05, 3.63) is 58.7 Å². The van der Waals surface area contributed by atoms with Gasteiger partial charge in [0, 0.05) is 38.4 Å². The first-order chi connectivity index (χ1) is 16.2. The minimum absolute atomic E-state index is 0.0306. The lowest BCUT2D eigenvalue weighted by Gasteiger charge is -2.27. The third kappa shape index (κ3) is 5.02. The number of Topliss-reactive ketones (excluding diaryl/α,β-unsaturated/α-hetero) is 1. The molecule has 9 nitrogen and oxygen atoms in total. The molecular formula is C23H26N6O3S. The zero-order chi connectivity index (χ0) is 22.6. The van der Waals surface area contributed by atoms with Gasteiger partial charge in [-0.1, -0.05) is 35.6 Å². The largest absolute Gasteiger partial charge is 0.380 e. The summed E-state index contributed by atoms with van der Waals surface area (Å²) in [5.41, 5.74) is 2.05. The van der Waals surface area contributed by atoms with Crippen LogP contribution < -0.4 is 10.2 Å². The van der Waals surface area contributed by atoms with E-state index in [1.807, 2.05) is 24.3 Å². The fourth-order valence-corrected chi connectivity index (χ4v) is 5.03. The topological polar surface area (TPSA) is 102 Å². The quantitative estimate of drug-likeness (QED) is 0.510. The summed E-state index contributed by atoms with van der Waals surface area (Å²) in [5, 5.41) is 21.5. The molecule has 2 aliphatic rings. The van der Waals surface area contributed by atoms with Gasteiger partial charge in [-0.3, -0.25) is 4.79 Å². The van der Waals surface area contributed by atoms with Crippen LogP contribution in [-0.2, 0) is 20.7 Å². The van der Waals surface area contributed by atoms with Gasteiger partial charge >= 0.3 is 0 Å². The summed E-state index contributed by atoms with van der Waals surface area (Å²) in [7, 11) is 1.57. The van der Waals surface area contributed by atoms with Crippen LogP contribution in [0.5, 0.6) is 0 Å². The predicted octanol–water partition coefficient (Wildman–Crippen LogP) is 2.63. The molecule has 2 fully saturated rings. The Balaban J connectivity index is 1.18. The second-order valence-corrected chi connectivity index (χ2v) is 9.38. The zero-order valence-electron chi connectivity index (χ0n) is 18.4. The van der Waals surface area contributed by atoms with Gasteiger partial charge in [-0.2, -0.15) is 5.10 Å². The van der Waals surface area contributed by atoms with E-state index in [1.165, 1.54) is 16.9 Å². The number of ether oxygens (including phenoxy) is 2. The van der Waals surface area contributed by atoms with Crippen LogP contribution in [0.2, 0.25) is 0 Å². The number of nitrogens with zero attached hydrogens (tertiary/aromatic N) is 5. The van der Waals surface area contributed by atoms with Crippen LogP contribution in [-0.4, -0.2) is 65.6 Å². The Labute approximate surface area is 196 Å². The van der Waals surface area contributed by atoms with Crippen molar-refractivity contribution in [2.75, 3.05) is 43.6 Å². The molecule has 2 atom stereocenters. The van der Waals surface area contributed by atoms with Crippen LogP contribution in [0.3, 0.4) is 0 Å². The Morgan fingerprint density at radius 3 is 2.94 bits per heavy atom. The van der Waals surface area contributed by atoms with E-state index in [0.29, 0.717) is 10.9 Å². The van der Waals surface area contributed by atoms with Gasteiger partial charge in [0.05, 0.1) is 19.6 Å². The van der Waals surface area contributed by atoms with Crippen molar-refractivity contribution in [2.45, 2.75) is 30.9 Å². The van der Waals surface area contributed by atoms with E-state index in [2.05, 4.69) is 42.7 Å². The van der Waals surface area contributed by atoms with Gasteiger partial charge in [0.2, 0.25) is 5.13 Å². The first-order valence-corrected chi connectivity index (χ1v) is 11.9. The number of hydrogen-bond acceptors (Lipinski definition) is 10. The normalized spacial score (nSPS) is 19.3. The number of rotatable bonds is 9. The minimum Gasteiger partial charge on any atom is -0.380 e. The van der Waals surface area contributed by atoms with Gasteiger partial charge in [0.25, 0.3) is 0 Å². The van der Waals surface area contributed by atoms with Crippen molar-refractivity contribution < 1.29 is 14.3 Å². The Kier molecular flexibility index (Phi) is 6.56. The maximum atomic E-state index is 13.0. The van der Waals surface area contributed by atoms with E-state index in [-0.39, 0.29) is 18.2 Å². The smallest absolute Gasteiger partial charge is 0.205 e. The van der Waals surface area contributed by atoms with Gasteiger partial charge in [0.1, 0.15) is 11.1 Å². The van der Waals surface area contributed by atoms with Crippen LogP contribution in [0.4, 0.5) is 10.9 Å². The van der Waals surface area contributed by atoms with Crippen molar-refractivity contribution in [2.24, 2.45) is 0 Å². The Hall–Kier alpha value is -2.95. The number of nitrogens with one attached hydrogen (secondary N) is 1. The first kappa shape index (κ1) is 21.9. The van der Waals surface area contributed by atoms with Crippen LogP contribution in [0.25, 0.3) is 0 Å². The van der Waals surface area contributed by atoms with E-state index in [9.17, 15) is 4.79 Å². The van der Waals surface area contributed by atoms with E-state index in [0.717, 1.165) is 49.2 Å². The number of hydrogen-bond donors (Lipinski definition) is 1. The molecule has 4 heterocycles. The standard InChI is InChI=1S/C23H26N6O3S/c1-31-22(16-5-2-4-15(10-16)17-13-32-14-17)19(30)11-21-27-28-23(33-21)25-18-7-9-29(12-18)20-6-3-8-24-26-20/h2-6,8,10,17-18,22H,7,9,11-14H2,1H3,(H,25,28)/t18-,22-/m1/s1. The van der Waals surface area contributed by atoms with Gasteiger partial charge in [0.15, 0.2) is 11.6 Å². The Bertz CT molecular complexity index is 1090. The van der Waals surface area contributed by atoms with Crippen LogP contribution >= 0.6 is 11.3 Å². The number of carbonyl (C=O) groups is 1. The number of methoxy groups -OCH3 is 1. The summed E-state index contributed by atoms with van der Waals surface area (Å²) in [5.74, 6) is 1.25. The second-order valence-electron chi connectivity index (χ2n) is 8.32. The van der Waals surface area contributed by atoms with Crippen LogP contribution in [0.15, 0.2) is 42.6 Å². The summed E-state index contributed by atoms with van der Waals surface area (Å²) in [6.45, 7) is 3.18. The molecule has 0 spiro atoms. The lowest BCUT2D eigenvalue weighted by atomic mass is 9.93. The predicted molar refractivity (Wildman–Crippen MR) is 125 cm³/mol. The summed E-state index contributed by atoms with van der Waals surface area (Å²) in [4.78, 5) is 15.2. The number of aromatic nitrogens is 4. The first-order valence-electron chi connectivity index (χ1n) is 11.0. The van der Waals surface area contributed by atoms with E-state index < -0.39 is 6.10 Å². The van der Waals surface area contributed by atoms with Gasteiger partial charge in [-0.25, -0.2) is 0 Å². The molecule has 0 radical (unpaired) electrons. The van der Waals surface area contributed by atoms with E-state index in [1.54, 1.807) is 13.3 Å². The fourth-order valence-electron chi connectivity index (χ4n) is 4.21. The molecule has 3 aromatic rings. The third-order valence-electron chi connectivity index (χ3n) is 6.04. The third-order valence-corrected chi connectivity index (χ3v) is 6.90. The molecule has 10 heteroatoms. The average molecular weight is 467 g/mol. The maximum Gasteiger partial charge on any atom is 0.205 e. The molecule has 0 saturated carbocycles. The molecular weight excluding hydrogens is 440 g/mol. The molecule has 0 bridgehead atoms. The number of ketones is 1. The highest BCUT2D eigenvalue weighted by Crippen LogP contribution is 2.29. The lowest BCUT2D eigenvalue weighted by molar-refractivity contribution is -0.128. The highest BCUT2D eigenvalue weighted by Gasteiger charge is 2.27. The van der Waals surface area contributed by atoms with E-state index in [4.69, 9.17) is 9.47 Å². The van der Waals surface area contributed by atoms with Crippen molar-refractivity contribution in [3.8, 4) is 0 Å². The summed E-state index contributed by atoms with van der Waals surface area (Å²) < 4.78 is 10.9. The van der Waals surface area contributed by atoms with Crippen molar-refractivity contribution >= 4 is 28.1 Å². The molecule has 2 aromatic heterocycles. The number of benzene rings is 1. The number of anilines is 2. The SMILES string of the molecule is CO[C@@H](C(=O)Cc1nnc(N[C@@H]2CCN(c3cccnn3)C2)s1)c1cccc(C2COC2)c1. The molecule has 0 amide bonds. The van der Waals surface area contributed by atoms with Crippen LogP contribution in [0.1, 0.15) is 34.6 Å². The summed E-state index contributed by atoms with van der Waals surface area (Å²) >= 11 is 1.42. The van der Waals surface area contributed by atoms with Crippen molar-refractivity contribution in [1.82, 2.24) is 20.4 Å². The molecule has 172 valence electrons. The molecule has 0 unspecified atom stereocenters. The molecule has 2 aliphatic heterocycles. The Morgan fingerprint density at radius 1 is 1.27 bits per heavy atom. The van der Waals surface area contributed by atoms with Gasteiger partial charge < -0.3 is 19.7 Å². The molecule has 2 saturated heterocycles. The minimum atomic E-state index is -0.623. The summed E-state index contributed by atoms with van der Waals surface area (Å²) in [6, 6.07) is 12.1. The van der Waals surface area contributed by atoms with Crippen molar-refractivity contribution in [1.29, 1.82) is 0 Å². The molecule has 0 aliphatic carbocycles. The van der Waals surface area contributed by atoms with Gasteiger partial charge in [-0.15, -0.1) is 15.3 Å². The maximum absolute atomic E-state index is 13.0. The molecule has 5 rings (SSSR count). The van der Waals surface area contributed by atoms with Gasteiger partial charge in [-0.05, 0) is 29.7 Å². The second kappa shape index (κ2) is 9.90. The number of carbonyl (C=O) groups excluding carboxylic acids is 1. The lowest BCUT2D eigenvalue weighted by Crippen LogP contribution is -2.26. The molecule has 33 heavy (non-hydrogen) atoms. The molecule has 1 aromatic carbocycles. The van der Waals surface area contributed by atoms with Crippen molar-refractivity contribution in [3.63, 3.8) is 0 Å². The monoisotopic (exact) mass is 466 g/mol. The van der Waals surface area contributed by atoms with Crippen LogP contribution in [0, 0.1) is 0 Å². The summed E-state index contributed by atoms with van der Waals surface area (Å²) in [6.07, 6.45) is 2.21. The fraction of sp³-hybridized carbons (Fsp3) is 0.435. The van der Waals surface area contributed by atoms with E-state index >= 15 is 0 Å². The average Bonchev–Trinajstić information content (AvgIpc) is 3.44. The highest BCUT2D eigenvalue weighted by molar-refractivity contribution is 7.15. The zero-order valence-corrected chi connectivity index (χ0v) is 19.2. The Morgan fingerprint density at radius 2 is 2.18 bits per heavy atom. The highest BCUT2D eigenvalue weighted by atomic mass is 32.1.